The van der Waals surface area contributed by atoms with Crippen LogP contribution < -0.4 is 10.6 Å². The molecule has 2 N–H and O–H groups in total. The Hall–Kier alpha value is -2.32. The fraction of sp³-hybridized carbons (Fsp3) is 0.412. The Morgan fingerprint density at radius 2 is 2.05 bits per heavy atom. The second kappa shape index (κ2) is 8.85. The van der Waals surface area contributed by atoms with E-state index in [-0.39, 0.29) is 11.5 Å². The van der Waals surface area contributed by atoms with Crippen LogP contribution in [0.1, 0.15) is 12.0 Å². The smallest absolute Gasteiger partial charge is 0.266 e. The fourth-order valence-electron chi connectivity index (χ4n) is 2.39. The Kier molecular flexibility index (Phi) is 6.46. The molecule has 1 aromatic carbocycles. The normalized spacial score (nSPS) is 15.2. The number of piperazine rings is 1. The molecule has 0 spiro atoms. The lowest BCUT2D eigenvalue weighted by atomic mass is 10.1. The molecule has 0 bridgehead atoms. The van der Waals surface area contributed by atoms with Gasteiger partial charge in [-0.3, -0.25) is 4.79 Å². The zero-order chi connectivity index (χ0) is 15.6. The lowest BCUT2D eigenvalue weighted by Gasteiger charge is -2.27. The molecule has 22 heavy (non-hydrogen) atoms. The maximum absolute atomic E-state index is 12.2. The van der Waals surface area contributed by atoms with Crippen molar-refractivity contribution in [3.8, 4) is 6.07 Å². The van der Waals surface area contributed by atoms with Crippen LogP contribution in [0.25, 0.3) is 0 Å². The van der Waals surface area contributed by atoms with E-state index in [2.05, 4.69) is 22.8 Å². The third-order valence-corrected chi connectivity index (χ3v) is 3.63. The molecular formula is C17H22N4O. The number of nitrogens with zero attached hydrogens (tertiary/aromatic N) is 2. The number of benzene rings is 1. The van der Waals surface area contributed by atoms with E-state index >= 15 is 0 Å². The average Bonchev–Trinajstić information content (AvgIpc) is 2.59. The quantitative estimate of drug-likeness (QED) is 0.468. The van der Waals surface area contributed by atoms with Gasteiger partial charge in [0.05, 0.1) is 0 Å². The molecule has 0 saturated carbocycles. The zero-order valence-electron chi connectivity index (χ0n) is 12.7. The van der Waals surface area contributed by atoms with Crippen LogP contribution in [0.15, 0.2) is 42.1 Å². The van der Waals surface area contributed by atoms with Crippen LogP contribution >= 0.6 is 0 Å². The van der Waals surface area contributed by atoms with Crippen molar-refractivity contribution in [3.05, 3.63) is 47.7 Å². The topological polar surface area (TPSA) is 68.2 Å². The predicted molar refractivity (Wildman–Crippen MR) is 85.9 cm³/mol. The summed E-state index contributed by atoms with van der Waals surface area (Å²) in [5.74, 6) is -0.181. The summed E-state index contributed by atoms with van der Waals surface area (Å²) in [6.07, 6.45) is 3.49. The highest BCUT2D eigenvalue weighted by Gasteiger charge is 2.19. The molecule has 116 valence electrons. The first-order valence-electron chi connectivity index (χ1n) is 7.69. The molecule has 0 unspecified atom stereocenters. The first-order valence-corrected chi connectivity index (χ1v) is 7.69. The molecule has 1 heterocycles. The molecule has 1 aromatic rings. The number of nitriles is 1. The lowest BCUT2D eigenvalue weighted by molar-refractivity contribution is -0.127. The van der Waals surface area contributed by atoms with Crippen LogP contribution in [0.4, 0.5) is 0 Å². The van der Waals surface area contributed by atoms with E-state index in [9.17, 15) is 4.79 Å². The van der Waals surface area contributed by atoms with Crippen molar-refractivity contribution in [2.75, 3.05) is 32.7 Å². The minimum Gasteiger partial charge on any atom is -0.390 e. The van der Waals surface area contributed by atoms with Gasteiger partial charge < -0.3 is 15.5 Å². The predicted octanol–water partition coefficient (Wildman–Crippen LogP) is 1.05. The molecular weight excluding hydrogens is 276 g/mol. The van der Waals surface area contributed by atoms with Gasteiger partial charge in [0.2, 0.25) is 0 Å². The zero-order valence-corrected chi connectivity index (χ0v) is 12.7. The van der Waals surface area contributed by atoms with Gasteiger partial charge in [0, 0.05) is 38.9 Å². The molecule has 0 radical (unpaired) electrons. The second-order valence-electron chi connectivity index (χ2n) is 5.26. The number of hydrogen-bond donors (Lipinski definition) is 2. The number of nitrogens with one attached hydrogen (secondary N) is 2. The number of hydrogen-bond acceptors (Lipinski definition) is 4. The van der Waals surface area contributed by atoms with Crippen LogP contribution in [0.3, 0.4) is 0 Å². The van der Waals surface area contributed by atoms with Crippen molar-refractivity contribution in [2.45, 2.75) is 12.8 Å². The minimum atomic E-state index is -0.181. The number of amides is 1. The van der Waals surface area contributed by atoms with Crippen molar-refractivity contribution in [1.82, 2.24) is 15.5 Å². The minimum absolute atomic E-state index is 0.181. The van der Waals surface area contributed by atoms with Crippen molar-refractivity contribution < 1.29 is 4.79 Å². The van der Waals surface area contributed by atoms with E-state index in [1.165, 1.54) is 5.56 Å². The SMILES string of the molecule is N#C/C(=C/NCCCc1ccccc1)C(=O)N1CCNCC1. The largest absolute Gasteiger partial charge is 0.390 e. The lowest BCUT2D eigenvalue weighted by Crippen LogP contribution is -2.46. The molecule has 0 aromatic heterocycles. The molecule has 1 saturated heterocycles. The van der Waals surface area contributed by atoms with E-state index in [1.807, 2.05) is 24.3 Å². The van der Waals surface area contributed by atoms with Crippen LogP contribution in [0.5, 0.6) is 0 Å². The third-order valence-electron chi connectivity index (χ3n) is 3.63. The third kappa shape index (κ3) is 4.90. The van der Waals surface area contributed by atoms with Gasteiger partial charge in [-0.05, 0) is 18.4 Å². The van der Waals surface area contributed by atoms with Gasteiger partial charge in [-0.1, -0.05) is 30.3 Å². The molecule has 1 amide bonds. The second-order valence-corrected chi connectivity index (χ2v) is 5.26. The molecule has 2 rings (SSSR count). The van der Waals surface area contributed by atoms with Gasteiger partial charge in [0.1, 0.15) is 11.6 Å². The molecule has 1 fully saturated rings. The molecule has 0 aliphatic carbocycles. The standard InChI is InChI=1S/C17H22N4O/c18-13-16(17(22)21-11-9-19-10-12-21)14-20-8-4-7-15-5-2-1-3-6-15/h1-3,5-6,14,19-20H,4,7-12H2/b16-14-. The highest BCUT2D eigenvalue weighted by atomic mass is 16.2. The van der Waals surface area contributed by atoms with Crippen molar-refractivity contribution in [2.24, 2.45) is 0 Å². The number of aryl methyl sites for hydroxylation is 1. The number of carbonyl (C=O) groups is 1. The van der Waals surface area contributed by atoms with Gasteiger partial charge in [-0.25, -0.2) is 0 Å². The summed E-state index contributed by atoms with van der Waals surface area (Å²) >= 11 is 0. The van der Waals surface area contributed by atoms with Gasteiger partial charge in [-0.15, -0.1) is 0 Å². The van der Waals surface area contributed by atoms with E-state index in [1.54, 1.807) is 11.1 Å². The fourth-order valence-corrected chi connectivity index (χ4v) is 2.39. The van der Waals surface area contributed by atoms with Gasteiger partial charge in [0.25, 0.3) is 5.91 Å². The summed E-state index contributed by atoms with van der Waals surface area (Å²) in [6, 6.07) is 12.3. The molecule has 5 heteroatoms. The molecule has 1 aliphatic heterocycles. The highest BCUT2D eigenvalue weighted by molar-refractivity contribution is 5.97. The Morgan fingerprint density at radius 3 is 2.73 bits per heavy atom. The monoisotopic (exact) mass is 298 g/mol. The van der Waals surface area contributed by atoms with Crippen LogP contribution in [0, 0.1) is 11.3 Å². The van der Waals surface area contributed by atoms with Crippen LogP contribution in [-0.4, -0.2) is 43.5 Å². The number of carbonyl (C=O) groups excluding carboxylic acids is 1. The van der Waals surface area contributed by atoms with E-state index < -0.39 is 0 Å². The first kappa shape index (κ1) is 16.1. The van der Waals surface area contributed by atoms with Crippen molar-refractivity contribution >= 4 is 5.91 Å². The van der Waals surface area contributed by atoms with Gasteiger partial charge >= 0.3 is 0 Å². The summed E-state index contributed by atoms with van der Waals surface area (Å²) in [7, 11) is 0. The highest BCUT2D eigenvalue weighted by Crippen LogP contribution is 2.03. The van der Waals surface area contributed by atoms with Crippen molar-refractivity contribution in [1.29, 1.82) is 5.26 Å². The van der Waals surface area contributed by atoms with Gasteiger partial charge in [0.15, 0.2) is 0 Å². The molecule has 1 aliphatic rings. The Labute approximate surface area is 131 Å². The van der Waals surface area contributed by atoms with E-state index in [0.29, 0.717) is 13.1 Å². The summed E-state index contributed by atoms with van der Waals surface area (Å²) in [6.45, 7) is 3.64. The Bertz CT molecular complexity index is 542. The molecule has 5 nitrogen and oxygen atoms in total. The summed E-state index contributed by atoms with van der Waals surface area (Å²) in [4.78, 5) is 13.9. The summed E-state index contributed by atoms with van der Waals surface area (Å²) < 4.78 is 0. The summed E-state index contributed by atoms with van der Waals surface area (Å²) in [5.41, 5.74) is 1.48. The average molecular weight is 298 g/mol. The summed E-state index contributed by atoms with van der Waals surface area (Å²) in [5, 5.41) is 15.4. The Balaban J connectivity index is 1.75. The van der Waals surface area contributed by atoms with Crippen molar-refractivity contribution in [3.63, 3.8) is 0 Å². The first-order chi connectivity index (χ1) is 10.8. The van der Waals surface area contributed by atoms with Crippen LogP contribution in [-0.2, 0) is 11.2 Å². The van der Waals surface area contributed by atoms with E-state index in [0.717, 1.165) is 32.5 Å². The number of rotatable bonds is 6. The maximum atomic E-state index is 12.2. The maximum Gasteiger partial charge on any atom is 0.266 e. The molecule has 0 atom stereocenters. The Morgan fingerprint density at radius 1 is 1.32 bits per heavy atom. The van der Waals surface area contributed by atoms with Gasteiger partial charge in [-0.2, -0.15) is 5.26 Å². The van der Waals surface area contributed by atoms with E-state index in [4.69, 9.17) is 5.26 Å². The van der Waals surface area contributed by atoms with Crippen LogP contribution in [0.2, 0.25) is 0 Å².